The summed E-state index contributed by atoms with van der Waals surface area (Å²) in [6, 6.07) is 3.18. The maximum Gasteiger partial charge on any atom is 0.259 e. The Morgan fingerprint density at radius 1 is 1.50 bits per heavy atom. The molecule has 2 heterocycles. The molecular weight excluding hydrogens is 154 g/mol. The van der Waals surface area contributed by atoms with Gasteiger partial charge in [-0.15, -0.1) is 0 Å². The van der Waals surface area contributed by atoms with Crippen LogP contribution in [0.4, 0.5) is 0 Å². The van der Waals surface area contributed by atoms with E-state index in [0.29, 0.717) is 11.5 Å². The zero-order chi connectivity index (χ0) is 8.55. The number of fused-ring (bicyclic) bond motifs is 1. The van der Waals surface area contributed by atoms with E-state index < -0.39 is 0 Å². The Balaban J connectivity index is 2.99. The highest BCUT2D eigenvalue weighted by Gasteiger charge is 1.96. The Labute approximate surface area is 68.5 Å². The van der Waals surface area contributed by atoms with Crippen molar-refractivity contribution in [3.63, 3.8) is 0 Å². The van der Waals surface area contributed by atoms with Crippen molar-refractivity contribution >= 4 is 5.78 Å². The molecule has 0 N–H and O–H groups in total. The average molecular weight is 161 g/mol. The first-order chi connectivity index (χ1) is 5.77. The van der Waals surface area contributed by atoms with Gasteiger partial charge in [-0.1, -0.05) is 0 Å². The van der Waals surface area contributed by atoms with Gasteiger partial charge in [0.05, 0.1) is 0 Å². The largest absolute Gasteiger partial charge is 0.269 e. The number of aryl methyl sites for hydroxylation is 1. The zero-order valence-corrected chi connectivity index (χ0v) is 6.56. The second kappa shape index (κ2) is 2.41. The van der Waals surface area contributed by atoms with Crippen molar-refractivity contribution in [2.24, 2.45) is 0 Å². The molecule has 0 amide bonds. The van der Waals surface area contributed by atoms with Crippen LogP contribution in [0.15, 0.2) is 29.3 Å². The van der Waals surface area contributed by atoms with Gasteiger partial charge in [0.25, 0.3) is 5.56 Å². The van der Waals surface area contributed by atoms with E-state index in [2.05, 4.69) is 9.97 Å². The van der Waals surface area contributed by atoms with Gasteiger partial charge in [0.2, 0.25) is 5.78 Å². The molecule has 12 heavy (non-hydrogen) atoms. The van der Waals surface area contributed by atoms with E-state index in [4.69, 9.17) is 0 Å². The van der Waals surface area contributed by atoms with Crippen molar-refractivity contribution in [3.8, 4) is 0 Å². The molecule has 4 nitrogen and oxygen atoms in total. The van der Waals surface area contributed by atoms with Crippen LogP contribution in [0.3, 0.4) is 0 Å². The van der Waals surface area contributed by atoms with Crippen LogP contribution in [0.2, 0.25) is 0 Å². The van der Waals surface area contributed by atoms with E-state index in [1.54, 1.807) is 25.4 Å². The van der Waals surface area contributed by atoms with E-state index >= 15 is 0 Å². The third kappa shape index (κ3) is 0.972. The lowest BCUT2D eigenvalue weighted by Crippen LogP contribution is -2.14. The number of hydrogen-bond acceptors (Lipinski definition) is 3. The van der Waals surface area contributed by atoms with Crippen molar-refractivity contribution in [2.75, 3.05) is 0 Å². The molecule has 0 aliphatic rings. The van der Waals surface area contributed by atoms with E-state index in [1.807, 2.05) is 0 Å². The van der Waals surface area contributed by atoms with Gasteiger partial charge in [-0.05, 0) is 13.0 Å². The second-order valence-electron chi connectivity index (χ2n) is 2.53. The smallest absolute Gasteiger partial charge is 0.259 e. The molecule has 0 atom stereocenters. The Hall–Kier alpha value is -1.71. The minimum atomic E-state index is -0.0920. The number of nitrogens with zero attached hydrogens (tertiary/aromatic N) is 3. The third-order valence-corrected chi connectivity index (χ3v) is 1.57. The van der Waals surface area contributed by atoms with Crippen molar-refractivity contribution in [2.45, 2.75) is 6.92 Å². The lowest BCUT2D eigenvalue weighted by Gasteiger charge is -1.97. The van der Waals surface area contributed by atoms with E-state index in [0.717, 1.165) is 0 Å². The van der Waals surface area contributed by atoms with Gasteiger partial charge < -0.3 is 0 Å². The SMILES string of the molecule is Cc1cc(=O)n2cccnc2n1. The molecule has 0 aliphatic carbocycles. The van der Waals surface area contributed by atoms with Crippen LogP contribution >= 0.6 is 0 Å². The van der Waals surface area contributed by atoms with Gasteiger partial charge in [0, 0.05) is 24.2 Å². The normalized spacial score (nSPS) is 10.4. The molecule has 2 aromatic rings. The second-order valence-corrected chi connectivity index (χ2v) is 2.53. The van der Waals surface area contributed by atoms with Crippen LogP contribution in [-0.2, 0) is 0 Å². The summed E-state index contributed by atoms with van der Waals surface area (Å²) in [5.41, 5.74) is 0.601. The Morgan fingerprint density at radius 3 is 3.17 bits per heavy atom. The third-order valence-electron chi connectivity index (χ3n) is 1.57. The van der Waals surface area contributed by atoms with Gasteiger partial charge in [-0.2, -0.15) is 0 Å². The van der Waals surface area contributed by atoms with Crippen LogP contribution in [0.5, 0.6) is 0 Å². The van der Waals surface area contributed by atoms with E-state index in [9.17, 15) is 4.79 Å². The highest BCUT2D eigenvalue weighted by atomic mass is 16.1. The lowest BCUT2D eigenvalue weighted by atomic mass is 10.4. The Kier molecular flexibility index (Phi) is 1.40. The predicted molar refractivity (Wildman–Crippen MR) is 44.0 cm³/mol. The van der Waals surface area contributed by atoms with Crippen molar-refractivity contribution in [3.05, 3.63) is 40.6 Å². The highest BCUT2D eigenvalue weighted by Crippen LogP contribution is 1.91. The monoisotopic (exact) mass is 161 g/mol. The number of hydrogen-bond donors (Lipinski definition) is 0. The zero-order valence-electron chi connectivity index (χ0n) is 6.56. The molecule has 0 radical (unpaired) electrons. The summed E-state index contributed by atoms with van der Waals surface area (Å²) in [6.07, 6.45) is 3.26. The standard InChI is InChI=1S/C8H7N3O/c1-6-5-7(12)11-4-2-3-9-8(11)10-6/h2-5H,1H3. The molecule has 0 bridgehead atoms. The fraction of sp³-hybridized carbons (Fsp3) is 0.125. The molecule has 2 rings (SSSR count). The lowest BCUT2D eigenvalue weighted by molar-refractivity contribution is 0.974. The predicted octanol–water partition coefficient (Wildman–Crippen LogP) is 0.398. The Morgan fingerprint density at radius 2 is 2.33 bits per heavy atom. The van der Waals surface area contributed by atoms with Crippen molar-refractivity contribution in [1.82, 2.24) is 14.4 Å². The molecule has 0 aliphatic heterocycles. The van der Waals surface area contributed by atoms with Gasteiger partial charge >= 0.3 is 0 Å². The summed E-state index contributed by atoms with van der Waals surface area (Å²) in [7, 11) is 0. The minimum absolute atomic E-state index is 0.0920. The van der Waals surface area contributed by atoms with Crippen LogP contribution in [0.1, 0.15) is 5.69 Å². The summed E-state index contributed by atoms with van der Waals surface area (Å²) in [5.74, 6) is 0.447. The molecule has 0 spiro atoms. The molecule has 0 aromatic carbocycles. The van der Waals surface area contributed by atoms with Gasteiger partial charge in [-0.3, -0.25) is 9.20 Å². The van der Waals surface area contributed by atoms with Crippen LogP contribution in [0, 0.1) is 6.92 Å². The van der Waals surface area contributed by atoms with Crippen LogP contribution in [0.25, 0.3) is 5.78 Å². The number of rotatable bonds is 0. The van der Waals surface area contributed by atoms with Gasteiger partial charge in [-0.25, -0.2) is 9.97 Å². The molecule has 2 aromatic heterocycles. The molecule has 4 heteroatoms. The molecule has 0 fully saturated rings. The van der Waals surface area contributed by atoms with Crippen LogP contribution in [-0.4, -0.2) is 14.4 Å². The summed E-state index contributed by atoms with van der Waals surface area (Å²) in [4.78, 5) is 19.3. The summed E-state index contributed by atoms with van der Waals surface area (Å²) >= 11 is 0. The van der Waals surface area contributed by atoms with Gasteiger partial charge in [0.15, 0.2) is 0 Å². The maximum atomic E-state index is 11.3. The van der Waals surface area contributed by atoms with Gasteiger partial charge in [0.1, 0.15) is 0 Å². The maximum absolute atomic E-state index is 11.3. The quantitative estimate of drug-likeness (QED) is 0.561. The molecular formula is C8H7N3O. The minimum Gasteiger partial charge on any atom is -0.269 e. The fourth-order valence-electron chi connectivity index (χ4n) is 1.06. The molecule has 0 saturated heterocycles. The molecule has 0 saturated carbocycles. The summed E-state index contributed by atoms with van der Waals surface area (Å²) < 4.78 is 1.41. The number of aromatic nitrogens is 3. The summed E-state index contributed by atoms with van der Waals surface area (Å²) in [5, 5.41) is 0. The van der Waals surface area contributed by atoms with Crippen molar-refractivity contribution in [1.29, 1.82) is 0 Å². The van der Waals surface area contributed by atoms with E-state index in [1.165, 1.54) is 10.5 Å². The topological polar surface area (TPSA) is 47.3 Å². The van der Waals surface area contributed by atoms with Crippen molar-refractivity contribution < 1.29 is 0 Å². The first-order valence-electron chi connectivity index (χ1n) is 3.58. The van der Waals surface area contributed by atoms with Crippen LogP contribution < -0.4 is 5.56 Å². The fourth-order valence-corrected chi connectivity index (χ4v) is 1.06. The Bertz CT molecular complexity index is 475. The molecule has 0 unspecified atom stereocenters. The first kappa shape index (κ1) is 6.97. The average Bonchev–Trinajstić information content (AvgIpc) is 2.04. The highest BCUT2D eigenvalue weighted by molar-refractivity contribution is 5.27. The summed E-state index contributed by atoms with van der Waals surface area (Å²) in [6.45, 7) is 1.77. The molecule has 60 valence electrons. The van der Waals surface area contributed by atoms with E-state index in [-0.39, 0.29) is 5.56 Å². The first-order valence-corrected chi connectivity index (χ1v) is 3.58.